The summed E-state index contributed by atoms with van der Waals surface area (Å²) in [6.45, 7) is 2.42. The summed E-state index contributed by atoms with van der Waals surface area (Å²) in [5.74, 6) is 0.644. The monoisotopic (exact) mass is 341 g/mol. The highest BCUT2D eigenvalue weighted by molar-refractivity contribution is 5.94. The molecular formula is C14H14F3N5O2. The highest BCUT2D eigenvalue weighted by atomic mass is 19.4. The molecule has 0 radical (unpaired) electrons. The van der Waals surface area contributed by atoms with Crippen molar-refractivity contribution in [1.29, 1.82) is 0 Å². The summed E-state index contributed by atoms with van der Waals surface area (Å²) in [7, 11) is 0. The van der Waals surface area contributed by atoms with Gasteiger partial charge in [-0.05, 0) is 19.4 Å². The lowest BCUT2D eigenvalue weighted by molar-refractivity contribution is -0.138. The molecule has 2 aromatic heterocycles. The lowest BCUT2D eigenvalue weighted by atomic mass is 10.1. The number of aromatic amines is 1. The summed E-state index contributed by atoms with van der Waals surface area (Å²) < 4.78 is 40.2. The fourth-order valence-corrected chi connectivity index (χ4v) is 2.66. The average molecular weight is 341 g/mol. The van der Waals surface area contributed by atoms with E-state index in [0.717, 1.165) is 31.4 Å². The van der Waals surface area contributed by atoms with Crippen molar-refractivity contribution >= 4 is 5.91 Å². The third-order valence-corrected chi connectivity index (χ3v) is 3.84. The van der Waals surface area contributed by atoms with Gasteiger partial charge in [-0.1, -0.05) is 0 Å². The van der Waals surface area contributed by atoms with Gasteiger partial charge in [0.2, 0.25) is 0 Å². The van der Waals surface area contributed by atoms with Crippen LogP contribution in [0.1, 0.15) is 47.0 Å². The Labute approximate surface area is 133 Å². The maximum absolute atomic E-state index is 12.8. The quantitative estimate of drug-likeness (QED) is 0.883. The molecule has 0 saturated heterocycles. The molecule has 7 nitrogen and oxygen atoms in total. The van der Waals surface area contributed by atoms with Crippen LogP contribution >= 0.6 is 0 Å². The number of carbonyl (C=O) groups excluding carboxylic acids is 1. The van der Waals surface area contributed by atoms with E-state index in [-0.39, 0.29) is 5.56 Å². The molecule has 1 aliphatic heterocycles. The summed E-state index contributed by atoms with van der Waals surface area (Å²) in [5, 5.41) is 10.6. The molecule has 1 amide bonds. The Morgan fingerprint density at radius 3 is 2.88 bits per heavy atom. The fraction of sp³-hybridized carbons (Fsp3) is 0.429. The minimum absolute atomic E-state index is 0.282. The molecule has 128 valence electrons. The Kier molecular flexibility index (Phi) is 3.90. The molecule has 0 spiro atoms. The van der Waals surface area contributed by atoms with E-state index in [4.69, 9.17) is 0 Å². The van der Waals surface area contributed by atoms with Crippen LogP contribution < -0.4 is 10.9 Å². The number of aromatic nitrogens is 4. The number of halogens is 3. The largest absolute Gasteiger partial charge is 0.421 e. The molecule has 3 heterocycles. The van der Waals surface area contributed by atoms with E-state index in [0.29, 0.717) is 11.9 Å². The smallest absolute Gasteiger partial charge is 0.342 e. The van der Waals surface area contributed by atoms with Crippen molar-refractivity contribution in [3.05, 3.63) is 45.4 Å². The Hall–Kier alpha value is -2.65. The van der Waals surface area contributed by atoms with E-state index in [9.17, 15) is 22.8 Å². The maximum atomic E-state index is 12.8. The van der Waals surface area contributed by atoms with Crippen molar-refractivity contribution in [3.63, 3.8) is 0 Å². The molecule has 2 aromatic rings. The first kappa shape index (κ1) is 16.2. The van der Waals surface area contributed by atoms with Gasteiger partial charge in [0.15, 0.2) is 5.82 Å². The molecule has 1 unspecified atom stereocenters. The highest BCUT2D eigenvalue weighted by Crippen LogP contribution is 2.26. The van der Waals surface area contributed by atoms with E-state index in [2.05, 4.69) is 15.5 Å². The number of carbonyl (C=O) groups is 1. The topological polar surface area (TPSA) is 92.7 Å². The third kappa shape index (κ3) is 2.91. The number of rotatable bonds is 3. The SMILES string of the molecule is CC(NC(=O)c1c[nH]c(=O)c(C(F)(F)F)c1)c1nnc2n1CCC2. The van der Waals surface area contributed by atoms with Crippen LogP contribution in [0.15, 0.2) is 17.1 Å². The fourth-order valence-electron chi connectivity index (χ4n) is 2.66. The molecular weight excluding hydrogens is 327 g/mol. The second-order valence-electron chi connectivity index (χ2n) is 5.55. The van der Waals surface area contributed by atoms with E-state index in [1.54, 1.807) is 6.92 Å². The Morgan fingerprint density at radius 2 is 2.17 bits per heavy atom. The predicted octanol–water partition coefficient (Wildman–Crippen LogP) is 1.42. The zero-order valence-electron chi connectivity index (χ0n) is 12.6. The minimum atomic E-state index is -4.83. The molecule has 0 saturated carbocycles. The molecule has 0 aliphatic carbocycles. The van der Waals surface area contributed by atoms with Gasteiger partial charge >= 0.3 is 6.18 Å². The number of pyridine rings is 1. The Bertz CT molecular complexity index is 840. The van der Waals surface area contributed by atoms with Crippen molar-refractivity contribution in [2.75, 3.05) is 0 Å². The molecule has 1 aliphatic rings. The van der Waals surface area contributed by atoms with Gasteiger partial charge in [-0.25, -0.2) is 0 Å². The lowest BCUT2D eigenvalue weighted by Gasteiger charge is -2.14. The zero-order chi connectivity index (χ0) is 17.5. The summed E-state index contributed by atoms with van der Waals surface area (Å²) >= 11 is 0. The van der Waals surface area contributed by atoms with Crippen LogP contribution in [0.2, 0.25) is 0 Å². The molecule has 0 bridgehead atoms. The molecule has 10 heteroatoms. The summed E-state index contributed by atoms with van der Waals surface area (Å²) in [6, 6.07) is 0.00731. The van der Waals surface area contributed by atoms with E-state index in [1.165, 1.54) is 0 Å². The van der Waals surface area contributed by atoms with Gasteiger partial charge in [-0.3, -0.25) is 9.59 Å². The normalized spacial score (nSPS) is 15.2. The van der Waals surface area contributed by atoms with Gasteiger partial charge in [0, 0.05) is 19.2 Å². The third-order valence-electron chi connectivity index (χ3n) is 3.84. The summed E-state index contributed by atoms with van der Waals surface area (Å²) in [5.41, 5.74) is -2.98. The van der Waals surface area contributed by atoms with Gasteiger partial charge in [-0.2, -0.15) is 13.2 Å². The first-order chi connectivity index (χ1) is 11.3. The molecule has 2 N–H and O–H groups in total. The molecule has 1 atom stereocenters. The van der Waals surface area contributed by atoms with Crippen LogP contribution in [-0.2, 0) is 19.1 Å². The van der Waals surface area contributed by atoms with E-state index in [1.807, 2.05) is 9.55 Å². The minimum Gasteiger partial charge on any atom is -0.342 e. The van der Waals surface area contributed by atoms with Crippen molar-refractivity contribution < 1.29 is 18.0 Å². The van der Waals surface area contributed by atoms with Crippen molar-refractivity contribution in [2.45, 2.75) is 38.5 Å². The van der Waals surface area contributed by atoms with Crippen LogP contribution in [0.25, 0.3) is 0 Å². The molecule has 0 aromatic carbocycles. The number of aryl methyl sites for hydroxylation is 1. The van der Waals surface area contributed by atoms with Crippen LogP contribution in [0.3, 0.4) is 0 Å². The van der Waals surface area contributed by atoms with Gasteiger partial charge in [0.1, 0.15) is 11.4 Å². The molecule has 0 fully saturated rings. The van der Waals surface area contributed by atoms with Gasteiger partial charge in [-0.15, -0.1) is 10.2 Å². The van der Waals surface area contributed by atoms with Crippen molar-refractivity contribution in [1.82, 2.24) is 25.1 Å². The second kappa shape index (κ2) is 5.77. The van der Waals surface area contributed by atoms with Gasteiger partial charge in [0.05, 0.1) is 11.6 Å². The average Bonchev–Trinajstić information content (AvgIpc) is 3.08. The summed E-state index contributed by atoms with van der Waals surface area (Å²) in [4.78, 5) is 25.4. The maximum Gasteiger partial charge on any atom is 0.421 e. The van der Waals surface area contributed by atoms with Crippen LogP contribution in [-0.4, -0.2) is 25.7 Å². The number of H-pyrrole nitrogens is 1. The van der Waals surface area contributed by atoms with E-state index >= 15 is 0 Å². The van der Waals surface area contributed by atoms with Crippen molar-refractivity contribution in [3.8, 4) is 0 Å². The van der Waals surface area contributed by atoms with Crippen LogP contribution in [0, 0.1) is 0 Å². The number of fused-ring (bicyclic) bond motifs is 1. The number of hydrogen-bond acceptors (Lipinski definition) is 4. The van der Waals surface area contributed by atoms with Gasteiger partial charge < -0.3 is 14.9 Å². The molecule has 3 rings (SSSR count). The second-order valence-corrected chi connectivity index (χ2v) is 5.55. The predicted molar refractivity (Wildman–Crippen MR) is 76.3 cm³/mol. The summed E-state index contributed by atoms with van der Waals surface area (Å²) in [6.07, 6.45) is -2.13. The number of nitrogens with one attached hydrogen (secondary N) is 2. The standard InChI is InChI=1S/C14H14F3N5O2/c1-7(11-21-20-10-3-2-4-22(10)11)19-12(23)8-5-9(14(15,16)17)13(24)18-6-8/h5-7H,2-4H2,1H3,(H,18,24)(H,19,23). The Morgan fingerprint density at radius 1 is 1.42 bits per heavy atom. The zero-order valence-corrected chi connectivity index (χ0v) is 12.6. The van der Waals surface area contributed by atoms with E-state index < -0.39 is 29.2 Å². The number of nitrogens with zero attached hydrogens (tertiary/aromatic N) is 3. The lowest BCUT2D eigenvalue weighted by Crippen LogP contribution is -2.30. The number of amides is 1. The van der Waals surface area contributed by atoms with Crippen LogP contribution in [0.5, 0.6) is 0 Å². The van der Waals surface area contributed by atoms with Crippen LogP contribution in [0.4, 0.5) is 13.2 Å². The number of hydrogen-bond donors (Lipinski definition) is 2. The highest BCUT2D eigenvalue weighted by Gasteiger charge is 2.34. The Balaban J connectivity index is 1.81. The van der Waals surface area contributed by atoms with Crippen molar-refractivity contribution in [2.24, 2.45) is 0 Å². The first-order valence-corrected chi connectivity index (χ1v) is 7.30. The number of alkyl halides is 3. The first-order valence-electron chi connectivity index (χ1n) is 7.30. The van der Waals surface area contributed by atoms with Gasteiger partial charge in [0.25, 0.3) is 11.5 Å². The molecule has 24 heavy (non-hydrogen) atoms.